The summed E-state index contributed by atoms with van der Waals surface area (Å²) in [5, 5.41) is 11.9. The van der Waals surface area contributed by atoms with Crippen molar-refractivity contribution in [3.8, 4) is 0 Å². The highest BCUT2D eigenvalue weighted by Crippen LogP contribution is 2.14. The normalized spacial score (nSPS) is 17.9. The number of aliphatic carboxylic acids is 1. The molecule has 0 aliphatic carbocycles. The van der Waals surface area contributed by atoms with Crippen molar-refractivity contribution in [2.45, 2.75) is 26.9 Å². The monoisotopic (exact) mass is 348 g/mol. The highest BCUT2D eigenvalue weighted by molar-refractivity contribution is 5.98. The van der Waals surface area contributed by atoms with Crippen molar-refractivity contribution < 1.29 is 24.2 Å². The van der Waals surface area contributed by atoms with Crippen LogP contribution in [-0.2, 0) is 9.53 Å². The van der Waals surface area contributed by atoms with Crippen LogP contribution in [0.3, 0.4) is 0 Å². The summed E-state index contributed by atoms with van der Waals surface area (Å²) in [7, 11) is 0. The molecular formula is C18H24N2O5. The summed E-state index contributed by atoms with van der Waals surface area (Å²) in [4.78, 5) is 37.0. The molecule has 1 aliphatic heterocycles. The summed E-state index contributed by atoms with van der Waals surface area (Å²) in [6, 6.07) is 6.36. The van der Waals surface area contributed by atoms with Gasteiger partial charge in [-0.05, 0) is 29.7 Å². The summed E-state index contributed by atoms with van der Waals surface area (Å²) < 4.78 is 5.11. The van der Waals surface area contributed by atoms with E-state index in [1.807, 2.05) is 20.8 Å². The van der Waals surface area contributed by atoms with Crippen molar-refractivity contribution in [2.75, 3.05) is 26.2 Å². The van der Waals surface area contributed by atoms with E-state index < -0.39 is 12.1 Å². The Kier molecular flexibility index (Phi) is 5.79. The van der Waals surface area contributed by atoms with Gasteiger partial charge in [0.15, 0.2) is 6.10 Å². The second kappa shape index (κ2) is 7.65. The predicted octanol–water partition coefficient (Wildman–Crippen LogP) is 1.39. The highest BCUT2D eigenvalue weighted by atomic mass is 16.5. The van der Waals surface area contributed by atoms with Crippen molar-refractivity contribution >= 4 is 17.8 Å². The van der Waals surface area contributed by atoms with Crippen LogP contribution in [0.1, 0.15) is 41.5 Å². The Balaban J connectivity index is 2.00. The fraction of sp³-hybridized carbons (Fsp3) is 0.500. The Morgan fingerprint density at radius 3 is 2.36 bits per heavy atom. The van der Waals surface area contributed by atoms with E-state index in [1.165, 1.54) is 4.90 Å². The zero-order valence-electron chi connectivity index (χ0n) is 14.7. The number of nitrogens with one attached hydrogen (secondary N) is 1. The minimum atomic E-state index is -1.08. The second-order valence-corrected chi connectivity index (χ2v) is 7.27. The number of nitrogens with zero attached hydrogens (tertiary/aromatic N) is 1. The Hall–Kier alpha value is -2.41. The number of amides is 2. The van der Waals surface area contributed by atoms with E-state index >= 15 is 0 Å². The third kappa shape index (κ3) is 5.29. The molecule has 136 valence electrons. The van der Waals surface area contributed by atoms with E-state index in [0.29, 0.717) is 24.2 Å². The molecule has 1 aromatic carbocycles. The molecule has 7 nitrogen and oxygen atoms in total. The van der Waals surface area contributed by atoms with Crippen LogP contribution in [0.25, 0.3) is 0 Å². The van der Waals surface area contributed by atoms with Crippen molar-refractivity contribution in [3.63, 3.8) is 0 Å². The first-order chi connectivity index (χ1) is 11.7. The average Bonchev–Trinajstić information content (AvgIpc) is 2.58. The van der Waals surface area contributed by atoms with Crippen LogP contribution in [0.2, 0.25) is 0 Å². The zero-order valence-corrected chi connectivity index (χ0v) is 14.7. The largest absolute Gasteiger partial charge is 0.479 e. The van der Waals surface area contributed by atoms with Gasteiger partial charge in [-0.2, -0.15) is 0 Å². The van der Waals surface area contributed by atoms with Gasteiger partial charge in [-0.1, -0.05) is 20.8 Å². The molecule has 7 heteroatoms. The molecule has 1 fully saturated rings. The lowest BCUT2D eigenvalue weighted by Gasteiger charge is -2.30. The number of benzene rings is 1. The lowest BCUT2D eigenvalue weighted by Crippen LogP contribution is -2.48. The van der Waals surface area contributed by atoms with Crippen LogP contribution in [0, 0.1) is 5.41 Å². The van der Waals surface area contributed by atoms with Gasteiger partial charge in [-0.15, -0.1) is 0 Å². The standard InChI is InChI=1S/C18H24N2O5/c1-18(2,3)11-19-15(21)12-4-6-13(7-5-12)16(22)20-8-9-25-14(10-20)17(23)24/h4-7,14H,8-11H2,1-3H3,(H,19,21)(H,23,24). The first kappa shape index (κ1) is 18.9. The molecule has 25 heavy (non-hydrogen) atoms. The minimum Gasteiger partial charge on any atom is -0.479 e. The van der Waals surface area contributed by atoms with E-state index in [-0.39, 0.29) is 30.4 Å². The van der Waals surface area contributed by atoms with Gasteiger partial charge in [0, 0.05) is 24.2 Å². The number of carbonyl (C=O) groups is 3. The summed E-state index contributed by atoms with van der Waals surface area (Å²) in [5.41, 5.74) is 0.882. The number of carboxylic acid groups (broad SMARTS) is 1. The van der Waals surface area contributed by atoms with Gasteiger partial charge in [-0.25, -0.2) is 4.79 Å². The molecule has 0 spiro atoms. The van der Waals surface area contributed by atoms with E-state index in [2.05, 4.69) is 5.32 Å². The van der Waals surface area contributed by atoms with Crippen molar-refractivity contribution in [3.05, 3.63) is 35.4 Å². The van der Waals surface area contributed by atoms with Crippen LogP contribution in [0.15, 0.2) is 24.3 Å². The van der Waals surface area contributed by atoms with Crippen LogP contribution in [-0.4, -0.2) is 60.1 Å². The van der Waals surface area contributed by atoms with Gasteiger partial charge in [0.05, 0.1) is 13.2 Å². The Labute approximate surface area is 147 Å². The van der Waals surface area contributed by atoms with Crippen molar-refractivity contribution in [1.82, 2.24) is 10.2 Å². The Bertz CT molecular complexity index is 648. The number of carboxylic acids is 1. The highest BCUT2D eigenvalue weighted by Gasteiger charge is 2.29. The number of hydrogen-bond acceptors (Lipinski definition) is 4. The Morgan fingerprint density at radius 2 is 1.80 bits per heavy atom. The SMILES string of the molecule is CC(C)(C)CNC(=O)c1ccc(C(=O)N2CCOC(C(=O)O)C2)cc1. The van der Waals surface area contributed by atoms with E-state index in [0.717, 1.165) is 0 Å². The molecule has 2 rings (SSSR count). The molecular weight excluding hydrogens is 324 g/mol. The molecule has 1 aliphatic rings. The van der Waals surface area contributed by atoms with Gasteiger partial charge >= 0.3 is 5.97 Å². The first-order valence-electron chi connectivity index (χ1n) is 8.19. The van der Waals surface area contributed by atoms with Crippen LogP contribution < -0.4 is 5.32 Å². The smallest absolute Gasteiger partial charge is 0.334 e. The molecule has 1 atom stereocenters. The molecule has 1 aromatic rings. The van der Waals surface area contributed by atoms with Gasteiger partial charge in [0.1, 0.15) is 0 Å². The number of ether oxygens (including phenoxy) is 1. The predicted molar refractivity (Wildman–Crippen MR) is 91.5 cm³/mol. The number of hydrogen-bond donors (Lipinski definition) is 2. The maximum Gasteiger partial charge on any atom is 0.334 e. The van der Waals surface area contributed by atoms with Crippen LogP contribution >= 0.6 is 0 Å². The van der Waals surface area contributed by atoms with Crippen molar-refractivity contribution in [1.29, 1.82) is 0 Å². The molecule has 1 heterocycles. The number of morpholine rings is 1. The second-order valence-electron chi connectivity index (χ2n) is 7.27. The molecule has 0 bridgehead atoms. The van der Waals surface area contributed by atoms with E-state index in [4.69, 9.17) is 9.84 Å². The average molecular weight is 348 g/mol. The first-order valence-corrected chi connectivity index (χ1v) is 8.19. The van der Waals surface area contributed by atoms with Gasteiger partial charge < -0.3 is 20.1 Å². The molecule has 1 saturated heterocycles. The third-order valence-electron chi connectivity index (χ3n) is 3.80. The third-order valence-corrected chi connectivity index (χ3v) is 3.80. The maximum absolute atomic E-state index is 12.5. The quantitative estimate of drug-likeness (QED) is 0.857. The molecule has 2 N–H and O–H groups in total. The van der Waals surface area contributed by atoms with E-state index in [9.17, 15) is 14.4 Å². The van der Waals surface area contributed by atoms with Crippen LogP contribution in [0.4, 0.5) is 0 Å². The van der Waals surface area contributed by atoms with E-state index in [1.54, 1.807) is 24.3 Å². The van der Waals surface area contributed by atoms with Gasteiger partial charge in [-0.3, -0.25) is 9.59 Å². The summed E-state index contributed by atoms with van der Waals surface area (Å²) in [6.45, 7) is 7.19. The number of rotatable bonds is 4. The maximum atomic E-state index is 12.5. The minimum absolute atomic E-state index is 0.0113. The topological polar surface area (TPSA) is 95.9 Å². The molecule has 1 unspecified atom stereocenters. The Morgan fingerprint density at radius 1 is 1.20 bits per heavy atom. The summed E-state index contributed by atoms with van der Waals surface area (Å²) >= 11 is 0. The molecule has 2 amide bonds. The fourth-order valence-corrected chi connectivity index (χ4v) is 2.38. The zero-order chi connectivity index (χ0) is 18.6. The summed E-state index contributed by atoms with van der Waals surface area (Å²) in [6.07, 6.45) is -1.000. The number of carbonyl (C=O) groups excluding carboxylic acids is 2. The van der Waals surface area contributed by atoms with Gasteiger partial charge in [0.2, 0.25) is 0 Å². The summed E-state index contributed by atoms with van der Waals surface area (Å²) in [5.74, 6) is -1.54. The molecule has 0 saturated carbocycles. The molecule has 0 radical (unpaired) electrons. The lowest BCUT2D eigenvalue weighted by molar-refractivity contribution is -0.154. The van der Waals surface area contributed by atoms with Crippen molar-refractivity contribution in [2.24, 2.45) is 5.41 Å². The fourth-order valence-electron chi connectivity index (χ4n) is 2.38. The van der Waals surface area contributed by atoms with Gasteiger partial charge in [0.25, 0.3) is 11.8 Å². The lowest BCUT2D eigenvalue weighted by atomic mass is 9.97. The van der Waals surface area contributed by atoms with Crippen LogP contribution in [0.5, 0.6) is 0 Å². The molecule has 0 aromatic heterocycles.